The zero-order valence-corrected chi connectivity index (χ0v) is 16.9. The van der Waals surface area contributed by atoms with Crippen LogP contribution in [0.5, 0.6) is 0 Å². The number of rotatable bonds is 7. The van der Waals surface area contributed by atoms with Gasteiger partial charge in [0.1, 0.15) is 0 Å². The van der Waals surface area contributed by atoms with Crippen LogP contribution in [-0.2, 0) is 14.8 Å². The van der Waals surface area contributed by atoms with Gasteiger partial charge in [0.25, 0.3) is 0 Å². The van der Waals surface area contributed by atoms with Crippen molar-refractivity contribution in [2.75, 3.05) is 45.0 Å². The molecule has 0 spiro atoms. The van der Waals surface area contributed by atoms with E-state index >= 15 is 0 Å². The van der Waals surface area contributed by atoms with Crippen molar-refractivity contribution in [3.8, 4) is 0 Å². The summed E-state index contributed by atoms with van der Waals surface area (Å²) in [5, 5.41) is 3.06. The number of piperidine rings is 2. The maximum absolute atomic E-state index is 12.3. The van der Waals surface area contributed by atoms with Gasteiger partial charge in [-0.3, -0.25) is 4.79 Å². The molecule has 0 aromatic heterocycles. The molecule has 6 nitrogen and oxygen atoms in total. The number of hydrogen-bond acceptors (Lipinski definition) is 3. The van der Waals surface area contributed by atoms with Gasteiger partial charge in [0.05, 0.1) is 25.4 Å². The van der Waals surface area contributed by atoms with E-state index in [1.807, 2.05) is 0 Å². The molecule has 1 amide bonds. The molecule has 2 rings (SSSR count). The van der Waals surface area contributed by atoms with Gasteiger partial charge in [-0.15, -0.1) is 0 Å². The Morgan fingerprint density at radius 3 is 2.32 bits per heavy atom. The Morgan fingerprint density at radius 2 is 1.76 bits per heavy atom. The standard InChI is InChI=1S/C18H35N3O3S/c1-4-25(23,24)21-10-6-17(7-11-21)18(22)19-8-5-9-20-13-15(2)12-16(3)14-20/h15-17H,4-14H2,1-3H3,(H,19,22)/p+1/t15-,16+. The fraction of sp³-hybridized carbons (Fsp3) is 0.944. The van der Waals surface area contributed by atoms with E-state index in [1.165, 1.54) is 23.8 Å². The third-order valence-electron chi connectivity index (χ3n) is 5.67. The van der Waals surface area contributed by atoms with E-state index in [0.717, 1.165) is 31.3 Å². The molecule has 0 aliphatic carbocycles. The Kier molecular flexibility index (Phi) is 7.70. The molecule has 1 unspecified atom stereocenters. The van der Waals surface area contributed by atoms with Gasteiger partial charge in [0.15, 0.2) is 0 Å². The molecule has 2 N–H and O–H groups in total. The monoisotopic (exact) mass is 374 g/mol. The van der Waals surface area contributed by atoms with E-state index in [1.54, 1.807) is 11.8 Å². The van der Waals surface area contributed by atoms with Crippen LogP contribution in [0.1, 0.15) is 46.5 Å². The fourth-order valence-electron chi connectivity index (χ4n) is 4.40. The Bertz CT molecular complexity index is 520. The van der Waals surface area contributed by atoms with Crippen LogP contribution in [0.2, 0.25) is 0 Å². The smallest absolute Gasteiger partial charge is 0.223 e. The minimum atomic E-state index is -3.11. The molecule has 0 radical (unpaired) electrons. The predicted molar refractivity (Wildman–Crippen MR) is 99.9 cm³/mol. The third kappa shape index (κ3) is 6.22. The van der Waals surface area contributed by atoms with Crippen molar-refractivity contribution in [1.82, 2.24) is 9.62 Å². The minimum absolute atomic E-state index is 0.0364. The second-order valence-corrected chi connectivity index (χ2v) is 10.3. The molecule has 2 aliphatic rings. The topological polar surface area (TPSA) is 70.9 Å². The number of likely N-dealkylation sites (tertiary alicyclic amines) is 1. The molecular formula is C18H36N3O3S+. The second kappa shape index (κ2) is 9.33. The number of nitrogens with zero attached hydrogens (tertiary/aromatic N) is 1. The van der Waals surface area contributed by atoms with E-state index in [0.29, 0.717) is 25.9 Å². The highest BCUT2D eigenvalue weighted by Gasteiger charge is 2.30. The van der Waals surface area contributed by atoms with Crippen molar-refractivity contribution in [1.29, 1.82) is 0 Å². The van der Waals surface area contributed by atoms with Crippen LogP contribution in [0.25, 0.3) is 0 Å². The van der Waals surface area contributed by atoms with Gasteiger partial charge in [-0.25, -0.2) is 12.7 Å². The number of nitrogens with one attached hydrogen (secondary N) is 2. The summed E-state index contributed by atoms with van der Waals surface area (Å²) in [6, 6.07) is 0. The molecule has 7 heteroatoms. The summed E-state index contributed by atoms with van der Waals surface area (Å²) in [5.41, 5.74) is 0. The quantitative estimate of drug-likeness (QED) is 0.622. The molecule has 0 saturated carbocycles. The van der Waals surface area contributed by atoms with Crippen LogP contribution in [0.3, 0.4) is 0 Å². The predicted octanol–water partition coefficient (Wildman–Crippen LogP) is 0.115. The van der Waals surface area contributed by atoms with Crippen molar-refractivity contribution < 1.29 is 18.1 Å². The summed E-state index contributed by atoms with van der Waals surface area (Å²) in [6.45, 7) is 11.7. The Hall–Kier alpha value is -0.660. The summed E-state index contributed by atoms with van der Waals surface area (Å²) in [6.07, 6.45) is 3.63. The number of sulfonamides is 1. The normalized spacial score (nSPS) is 29.5. The summed E-state index contributed by atoms with van der Waals surface area (Å²) in [5.74, 6) is 1.81. The maximum Gasteiger partial charge on any atom is 0.223 e. The van der Waals surface area contributed by atoms with E-state index in [9.17, 15) is 13.2 Å². The van der Waals surface area contributed by atoms with Crippen LogP contribution in [0.4, 0.5) is 0 Å². The molecule has 0 aromatic rings. The zero-order valence-electron chi connectivity index (χ0n) is 16.1. The van der Waals surface area contributed by atoms with Crippen molar-refractivity contribution in [2.24, 2.45) is 17.8 Å². The Balaban J connectivity index is 1.63. The largest absolute Gasteiger partial charge is 0.356 e. The van der Waals surface area contributed by atoms with E-state index in [2.05, 4.69) is 19.2 Å². The lowest BCUT2D eigenvalue weighted by Crippen LogP contribution is -3.14. The molecule has 2 fully saturated rings. The first-order chi connectivity index (χ1) is 11.8. The number of carbonyl (C=O) groups is 1. The SMILES string of the molecule is CCS(=O)(=O)N1CCC(C(=O)NCCC[NH+]2C[C@H](C)C[C@H](C)C2)CC1. The van der Waals surface area contributed by atoms with Crippen LogP contribution in [0.15, 0.2) is 0 Å². The first-order valence-corrected chi connectivity index (χ1v) is 11.5. The van der Waals surface area contributed by atoms with Gasteiger partial charge in [-0.2, -0.15) is 0 Å². The molecule has 3 atom stereocenters. The number of hydrogen-bond donors (Lipinski definition) is 2. The van der Waals surface area contributed by atoms with Gasteiger partial charge in [0.2, 0.25) is 15.9 Å². The van der Waals surface area contributed by atoms with Crippen LogP contribution < -0.4 is 10.2 Å². The highest BCUT2D eigenvalue weighted by molar-refractivity contribution is 7.89. The van der Waals surface area contributed by atoms with Crippen LogP contribution in [-0.4, -0.2) is 63.7 Å². The van der Waals surface area contributed by atoms with Gasteiger partial charge >= 0.3 is 0 Å². The minimum Gasteiger partial charge on any atom is -0.356 e. The maximum atomic E-state index is 12.3. The summed E-state index contributed by atoms with van der Waals surface area (Å²) in [4.78, 5) is 14.0. The average Bonchev–Trinajstić information content (AvgIpc) is 2.58. The first-order valence-electron chi connectivity index (χ1n) is 9.91. The fourth-order valence-corrected chi connectivity index (χ4v) is 5.53. The Labute approximate surface area is 153 Å². The lowest BCUT2D eigenvalue weighted by molar-refractivity contribution is -0.912. The van der Waals surface area contributed by atoms with Crippen LogP contribution in [0, 0.1) is 17.8 Å². The summed E-state index contributed by atoms with van der Waals surface area (Å²) >= 11 is 0. The van der Waals surface area contributed by atoms with Gasteiger partial charge in [-0.1, -0.05) is 13.8 Å². The molecule has 0 bridgehead atoms. The highest BCUT2D eigenvalue weighted by atomic mass is 32.2. The molecule has 2 heterocycles. The number of quaternary nitrogens is 1. The van der Waals surface area contributed by atoms with Crippen molar-refractivity contribution in [3.63, 3.8) is 0 Å². The van der Waals surface area contributed by atoms with Gasteiger partial charge < -0.3 is 10.2 Å². The molecular weight excluding hydrogens is 338 g/mol. The lowest BCUT2D eigenvalue weighted by Gasteiger charge is -2.32. The number of carbonyl (C=O) groups excluding carboxylic acids is 1. The third-order valence-corrected chi connectivity index (χ3v) is 7.55. The van der Waals surface area contributed by atoms with Gasteiger partial charge in [0, 0.05) is 43.8 Å². The first kappa shape index (κ1) is 20.6. The van der Waals surface area contributed by atoms with Crippen molar-refractivity contribution in [3.05, 3.63) is 0 Å². The summed E-state index contributed by atoms with van der Waals surface area (Å²) < 4.78 is 25.2. The lowest BCUT2D eigenvalue weighted by atomic mass is 9.92. The Morgan fingerprint density at radius 1 is 1.16 bits per heavy atom. The van der Waals surface area contributed by atoms with Gasteiger partial charge in [-0.05, 0) is 26.2 Å². The molecule has 2 saturated heterocycles. The van der Waals surface area contributed by atoms with Crippen molar-refractivity contribution >= 4 is 15.9 Å². The van der Waals surface area contributed by atoms with E-state index < -0.39 is 10.0 Å². The molecule has 146 valence electrons. The number of amides is 1. The molecule has 2 aliphatic heterocycles. The zero-order chi connectivity index (χ0) is 18.4. The average molecular weight is 375 g/mol. The highest BCUT2D eigenvalue weighted by Crippen LogP contribution is 2.20. The molecule has 0 aromatic carbocycles. The summed E-state index contributed by atoms with van der Waals surface area (Å²) in [7, 11) is -3.11. The van der Waals surface area contributed by atoms with E-state index in [-0.39, 0.29) is 17.6 Å². The second-order valence-electron chi connectivity index (χ2n) is 8.07. The molecule has 25 heavy (non-hydrogen) atoms. The van der Waals surface area contributed by atoms with E-state index in [4.69, 9.17) is 0 Å². The van der Waals surface area contributed by atoms with Crippen molar-refractivity contribution in [2.45, 2.75) is 46.5 Å². The van der Waals surface area contributed by atoms with Crippen LogP contribution >= 0.6 is 0 Å².